The van der Waals surface area contributed by atoms with Crippen molar-refractivity contribution in [2.75, 3.05) is 13.7 Å². The molecule has 1 aromatic heterocycles. The van der Waals surface area contributed by atoms with E-state index < -0.39 is 6.10 Å². The summed E-state index contributed by atoms with van der Waals surface area (Å²) in [6, 6.07) is 6.50. The van der Waals surface area contributed by atoms with Gasteiger partial charge in [0.15, 0.2) is 23.0 Å². The molecule has 0 radical (unpaired) electrons. The van der Waals surface area contributed by atoms with E-state index in [9.17, 15) is 9.90 Å². The molecular weight excluding hydrogens is 324 g/mol. The Kier molecular flexibility index (Phi) is 2.74. The summed E-state index contributed by atoms with van der Waals surface area (Å²) in [5.41, 5.74) is 1.71. The zero-order chi connectivity index (χ0) is 17.3. The average Bonchev–Trinajstić information content (AvgIpc) is 3.14. The molecule has 1 fully saturated rings. The van der Waals surface area contributed by atoms with E-state index in [1.54, 1.807) is 18.2 Å². The van der Waals surface area contributed by atoms with Crippen LogP contribution in [0.3, 0.4) is 0 Å². The number of hydrogen-bond acceptors (Lipinski definition) is 6. The number of para-hydroxylation sites is 1. The van der Waals surface area contributed by atoms with Gasteiger partial charge in [0.05, 0.1) is 24.7 Å². The second-order valence-corrected chi connectivity index (χ2v) is 6.21. The SMILES string of the molecule is C=C1CO[C@H]2c3c(cc(O)c4c(=O)c5cccc(OC)c5oc34)O[C@@H]12. The topological polar surface area (TPSA) is 78.1 Å². The number of phenols is 1. The molecule has 0 unspecified atom stereocenters. The minimum atomic E-state index is -0.402. The van der Waals surface area contributed by atoms with Crippen molar-refractivity contribution in [3.8, 4) is 17.2 Å². The number of methoxy groups -OCH3 is 1. The highest BCUT2D eigenvalue weighted by Crippen LogP contribution is 2.50. The Labute approximate surface area is 141 Å². The molecule has 126 valence electrons. The average molecular weight is 338 g/mol. The van der Waals surface area contributed by atoms with E-state index in [0.29, 0.717) is 34.6 Å². The van der Waals surface area contributed by atoms with Crippen LogP contribution < -0.4 is 14.9 Å². The Morgan fingerprint density at radius 3 is 2.92 bits per heavy atom. The lowest BCUT2D eigenvalue weighted by Crippen LogP contribution is -2.14. The number of fused-ring (bicyclic) bond motifs is 6. The van der Waals surface area contributed by atoms with Crippen LogP contribution in [0.1, 0.15) is 11.7 Å². The van der Waals surface area contributed by atoms with Crippen LogP contribution >= 0.6 is 0 Å². The van der Waals surface area contributed by atoms with E-state index in [2.05, 4.69) is 6.58 Å². The van der Waals surface area contributed by atoms with Gasteiger partial charge in [0.2, 0.25) is 5.43 Å². The molecule has 0 aliphatic carbocycles. The van der Waals surface area contributed by atoms with Gasteiger partial charge in [-0.2, -0.15) is 0 Å². The predicted molar refractivity (Wildman–Crippen MR) is 90.5 cm³/mol. The van der Waals surface area contributed by atoms with Gasteiger partial charge >= 0.3 is 0 Å². The zero-order valence-electron chi connectivity index (χ0n) is 13.4. The zero-order valence-corrected chi connectivity index (χ0v) is 13.4. The van der Waals surface area contributed by atoms with Gasteiger partial charge in [-0.25, -0.2) is 0 Å². The van der Waals surface area contributed by atoms with Crippen LogP contribution in [0.4, 0.5) is 0 Å². The van der Waals surface area contributed by atoms with E-state index in [0.717, 1.165) is 5.57 Å². The molecule has 0 spiro atoms. The molecule has 2 aliphatic heterocycles. The van der Waals surface area contributed by atoms with Crippen LogP contribution in [-0.4, -0.2) is 24.9 Å². The van der Waals surface area contributed by atoms with Gasteiger partial charge in [0.25, 0.3) is 0 Å². The highest BCUT2D eigenvalue weighted by atomic mass is 16.6. The maximum atomic E-state index is 13.0. The summed E-state index contributed by atoms with van der Waals surface area (Å²) in [7, 11) is 1.51. The van der Waals surface area contributed by atoms with Gasteiger partial charge in [-0.05, 0) is 17.7 Å². The monoisotopic (exact) mass is 338 g/mol. The van der Waals surface area contributed by atoms with Crippen molar-refractivity contribution in [1.82, 2.24) is 0 Å². The van der Waals surface area contributed by atoms with Gasteiger partial charge in [0, 0.05) is 6.07 Å². The van der Waals surface area contributed by atoms with Gasteiger partial charge < -0.3 is 23.7 Å². The van der Waals surface area contributed by atoms with Crippen molar-refractivity contribution < 1.29 is 23.7 Å². The molecule has 6 nitrogen and oxygen atoms in total. The molecule has 5 rings (SSSR count). The first-order valence-electron chi connectivity index (χ1n) is 7.85. The maximum Gasteiger partial charge on any atom is 0.204 e. The highest BCUT2D eigenvalue weighted by Gasteiger charge is 2.44. The first kappa shape index (κ1) is 14.4. The summed E-state index contributed by atoms with van der Waals surface area (Å²) in [5, 5.41) is 10.9. The van der Waals surface area contributed by atoms with Crippen molar-refractivity contribution in [2.45, 2.75) is 12.2 Å². The maximum absolute atomic E-state index is 13.0. The van der Waals surface area contributed by atoms with Crippen LogP contribution in [0, 0.1) is 0 Å². The largest absolute Gasteiger partial charge is 0.507 e. The molecule has 2 aromatic carbocycles. The van der Waals surface area contributed by atoms with Crippen molar-refractivity contribution in [3.63, 3.8) is 0 Å². The fourth-order valence-corrected chi connectivity index (χ4v) is 3.62. The molecule has 25 heavy (non-hydrogen) atoms. The number of phenolic OH excluding ortho intramolecular Hbond substituents is 1. The molecule has 2 atom stereocenters. The number of hydrogen-bond donors (Lipinski definition) is 1. The number of aromatic hydroxyl groups is 1. The van der Waals surface area contributed by atoms with Crippen LogP contribution in [0.5, 0.6) is 17.2 Å². The van der Waals surface area contributed by atoms with Crippen LogP contribution in [0.2, 0.25) is 0 Å². The second-order valence-electron chi connectivity index (χ2n) is 6.21. The summed E-state index contributed by atoms with van der Waals surface area (Å²) in [6.45, 7) is 4.34. The summed E-state index contributed by atoms with van der Waals surface area (Å²) in [4.78, 5) is 13.0. The molecule has 0 bridgehead atoms. The Balaban J connectivity index is 1.94. The van der Waals surface area contributed by atoms with Crippen molar-refractivity contribution >= 4 is 21.9 Å². The van der Waals surface area contributed by atoms with Crippen LogP contribution in [0.25, 0.3) is 21.9 Å². The summed E-state index contributed by atoms with van der Waals surface area (Å²) in [5.74, 6) is 0.705. The Bertz CT molecular complexity index is 1130. The fraction of sp³-hybridized carbons (Fsp3) is 0.211. The van der Waals surface area contributed by atoms with E-state index in [1.165, 1.54) is 13.2 Å². The standard InChI is InChI=1S/C19H14O6/c1-8-7-23-19-14-12(24-16(8)19)6-10(20)13-15(21)9-4-3-5-11(22-2)17(9)25-18(13)14/h3-6,16,19-20H,1,7H2,2H3/t16-,19-/m0/s1. The highest BCUT2D eigenvalue weighted by molar-refractivity contribution is 5.97. The molecular formula is C19H14O6. The van der Waals surface area contributed by atoms with Crippen LogP contribution in [-0.2, 0) is 4.74 Å². The third-order valence-electron chi connectivity index (χ3n) is 4.80. The molecule has 3 heterocycles. The van der Waals surface area contributed by atoms with Crippen molar-refractivity contribution in [1.29, 1.82) is 0 Å². The van der Waals surface area contributed by atoms with Gasteiger partial charge in [0.1, 0.15) is 23.0 Å². The summed E-state index contributed by atoms with van der Waals surface area (Å²) < 4.78 is 23.0. The smallest absolute Gasteiger partial charge is 0.204 e. The Morgan fingerprint density at radius 2 is 2.12 bits per heavy atom. The lowest BCUT2D eigenvalue weighted by atomic mass is 10.0. The Morgan fingerprint density at radius 1 is 1.28 bits per heavy atom. The van der Waals surface area contributed by atoms with Crippen LogP contribution in [0.15, 0.2) is 45.6 Å². The minimum Gasteiger partial charge on any atom is -0.507 e. The summed E-state index contributed by atoms with van der Waals surface area (Å²) in [6.07, 6.45) is -0.737. The number of benzene rings is 2. The van der Waals surface area contributed by atoms with E-state index >= 15 is 0 Å². The van der Waals surface area contributed by atoms with Gasteiger partial charge in [-0.3, -0.25) is 4.79 Å². The third-order valence-corrected chi connectivity index (χ3v) is 4.80. The second kappa shape index (κ2) is 4.77. The lowest BCUT2D eigenvalue weighted by molar-refractivity contribution is 0.0798. The van der Waals surface area contributed by atoms with Crippen molar-refractivity contribution in [3.05, 3.63) is 52.2 Å². The number of rotatable bonds is 1. The Hall–Kier alpha value is -2.99. The predicted octanol–water partition coefficient (Wildman–Crippen LogP) is 3.05. The molecule has 3 aromatic rings. The van der Waals surface area contributed by atoms with Crippen molar-refractivity contribution in [2.24, 2.45) is 0 Å². The van der Waals surface area contributed by atoms with E-state index in [1.807, 2.05) is 0 Å². The normalized spacial score (nSPS) is 21.4. The minimum absolute atomic E-state index is 0.116. The summed E-state index contributed by atoms with van der Waals surface area (Å²) >= 11 is 0. The molecule has 2 aliphatic rings. The first-order chi connectivity index (χ1) is 12.1. The van der Waals surface area contributed by atoms with Gasteiger partial charge in [-0.15, -0.1) is 0 Å². The number of ether oxygens (including phenoxy) is 3. The quantitative estimate of drug-likeness (QED) is 0.543. The molecule has 1 N–H and O–H groups in total. The van der Waals surface area contributed by atoms with E-state index in [4.69, 9.17) is 18.6 Å². The molecule has 0 amide bonds. The fourth-order valence-electron chi connectivity index (χ4n) is 3.62. The van der Waals surface area contributed by atoms with Gasteiger partial charge in [-0.1, -0.05) is 12.6 Å². The first-order valence-corrected chi connectivity index (χ1v) is 7.85. The molecule has 0 saturated carbocycles. The third kappa shape index (κ3) is 1.74. The molecule has 1 saturated heterocycles. The van der Waals surface area contributed by atoms with E-state index in [-0.39, 0.29) is 28.3 Å². The molecule has 6 heteroatoms. The lowest BCUT2D eigenvalue weighted by Gasteiger charge is -2.11.